The number of fused-ring (bicyclic) bond motifs is 1. The van der Waals surface area contributed by atoms with Gasteiger partial charge in [0.2, 0.25) is 10.0 Å². The minimum absolute atomic E-state index is 0.334. The Morgan fingerprint density at radius 2 is 1.58 bits per heavy atom. The second-order valence-electron chi connectivity index (χ2n) is 7.42. The summed E-state index contributed by atoms with van der Waals surface area (Å²) in [6, 6.07) is 20.7. The maximum absolute atomic E-state index is 13.1. The summed E-state index contributed by atoms with van der Waals surface area (Å²) >= 11 is 0. The summed E-state index contributed by atoms with van der Waals surface area (Å²) in [6.45, 7) is 1.93. The van der Waals surface area contributed by atoms with Gasteiger partial charge < -0.3 is 4.90 Å². The molecule has 1 aliphatic heterocycles. The molecular weight excluding hydrogens is 410 g/mol. The fourth-order valence-corrected chi connectivity index (χ4v) is 5.25. The van der Waals surface area contributed by atoms with Crippen molar-refractivity contribution in [3.05, 3.63) is 79.1 Å². The van der Waals surface area contributed by atoms with Crippen molar-refractivity contribution in [3.63, 3.8) is 0 Å². The normalized spacial score (nSPS) is 15.3. The number of piperazine rings is 1. The zero-order chi connectivity index (χ0) is 21.3. The van der Waals surface area contributed by atoms with Crippen LogP contribution >= 0.6 is 0 Å². The van der Waals surface area contributed by atoms with E-state index >= 15 is 0 Å². The molecule has 156 valence electrons. The summed E-state index contributed by atoms with van der Waals surface area (Å²) < 4.78 is 27.8. The van der Waals surface area contributed by atoms with Gasteiger partial charge in [0.05, 0.1) is 10.6 Å². The summed E-state index contributed by atoms with van der Waals surface area (Å²) in [5.41, 5.74) is 1.67. The summed E-state index contributed by atoms with van der Waals surface area (Å²) in [6.07, 6.45) is 3.47. The molecule has 31 heavy (non-hydrogen) atoms. The van der Waals surface area contributed by atoms with Gasteiger partial charge >= 0.3 is 0 Å². The summed E-state index contributed by atoms with van der Waals surface area (Å²) in [5, 5.41) is 10.6. The highest BCUT2D eigenvalue weighted by Gasteiger charge is 2.29. The van der Waals surface area contributed by atoms with Crippen LogP contribution in [0.1, 0.15) is 0 Å². The van der Waals surface area contributed by atoms with Gasteiger partial charge in [-0.05, 0) is 47.2 Å². The number of nitrogens with zero attached hydrogens (tertiary/aromatic N) is 5. The van der Waals surface area contributed by atoms with Gasteiger partial charge in [-0.15, -0.1) is 10.2 Å². The Kier molecular flexibility index (Phi) is 5.09. The number of sulfonamides is 1. The zero-order valence-electron chi connectivity index (χ0n) is 16.8. The lowest BCUT2D eigenvalue weighted by molar-refractivity contribution is 0.383. The van der Waals surface area contributed by atoms with E-state index in [-0.39, 0.29) is 0 Å². The number of aromatic nitrogens is 3. The number of pyridine rings is 1. The molecule has 8 heteroatoms. The first kappa shape index (κ1) is 19.6. The highest BCUT2D eigenvalue weighted by atomic mass is 32.2. The van der Waals surface area contributed by atoms with Gasteiger partial charge in [-0.1, -0.05) is 30.3 Å². The Labute approximate surface area is 181 Å². The van der Waals surface area contributed by atoms with Gasteiger partial charge in [0.25, 0.3) is 0 Å². The first-order chi connectivity index (χ1) is 15.1. The molecule has 1 fully saturated rings. The SMILES string of the molecule is O=S(=O)(c1ccc2ccccc2c1)N1CCN(c2ccc(-c3cccnc3)nn2)CC1. The Hall–Kier alpha value is -3.36. The smallest absolute Gasteiger partial charge is 0.243 e. The predicted octanol–water partition coefficient (Wildman–Crippen LogP) is 3.20. The Balaban J connectivity index is 1.29. The van der Waals surface area contributed by atoms with Crippen LogP contribution in [-0.2, 0) is 10.0 Å². The lowest BCUT2D eigenvalue weighted by Gasteiger charge is -2.34. The van der Waals surface area contributed by atoms with E-state index in [1.165, 1.54) is 0 Å². The van der Waals surface area contributed by atoms with E-state index < -0.39 is 10.0 Å². The summed E-state index contributed by atoms with van der Waals surface area (Å²) in [7, 11) is -3.54. The van der Waals surface area contributed by atoms with Crippen LogP contribution in [0.2, 0.25) is 0 Å². The predicted molar refractivity (Wildman–Crippen MR) is 120 cm³/mol. The van der Waals surface area contributed by atoms with Crippen molar-refractivity contribution in [2.75, 3.05) is 31.1 Å². The van der Waals surface area contributed by atoms with E-state index in [1.807, 2.05) is 54.6 Å². The van der Waals surface area contributed by atoms with E-state index in [0.717, 1.165) is 27.8 Å². The lowest BCUT2D eigenvalue weighted by Crippen LogP contribution is -2.49. The van der Waals surface area contributed by atoms with Gasteiger partial charge in [-0.3, -0.25) is 4.98 Å². The van der Waals surface area contributed by atoms with E-state index in [2.05, 4.69) is 20.1 Å². The van der Waals surface area contributed by atoms with Crippen LogP contribution in [0.25, 0.3) is 22.0 Å². The molecule has 0 bridgehead atoms. The molecule has 1 aliphatic rings. The average molecular weight is 432 g/mol. The van der Waals surface area contributed by atoms with Crippen LogP contribution in [0, 0.1) is 0 Å². The molecule has 2 aromatic heterocycles. The van der Waals surface area contributed by atoms with Crippen LogP contribution in [-0.4, -0.2) is 54.1 Å². The Morgan fingerprint density at radius 1 is 0.774 bits per heavy atom. The molecule has 0 spiro atoms. The van der Waals surface area contributed by atoms with Crippen molar-refractivity contribution in [1.82, 2.24) is 19.5 Å². The van der Waals surface area contributed by atoms with Crippen molar-refractivity contribution < 1.29 is 8.42 Å². The standard InChI is InChI=1S/C23H21N5O2S/c29-31(30,21-8-7-18-4-1-2-5-19(18)16-21)28-14-12-27(13-15-28)23-10-9-22(25-26-23)20-6-3-11-24-17-20/h1-11,16-17H,12-15H2. The van der Waals surface area contributed by atoms with Crippen molar-refractivity contribution in [1.29, 1.82) is 0 Å². The highest BCUT2D eigenvalue weighted by molar-refractivity contribution is 7.89. The summed E-state index contributed by atoms with van der Waals surface area (Å²) in [5.74, 6) is 0.746. The molecule has 0 radical (unpaired) electrons. The van der Waals surface area contributed by atoms with Gasteiger partial charge in [-0.2, -0.15) is 4.31 Å². The summed E-state index contributed by atoms with van der Waals surface area (Å²) in [4.78, 5) is 6.50. The number of hydrogen-bond acceptors (Lipinski definition) is 6. The largest absolute Gasteiger partial charge is 0.352 e. The van der Waals surface area contributed by atoms with Crippen LogP contribution in [0.15, 0.2) is 84.0 Å². The van der Waals surface area contributed by atoms with Gasteiger partial charge in [0.1, 0.15) is 0 Å². The highest BCUT2D eigenvalue weighted by Crippen LogP contribution is 2.24. The fourth-order valence-electron chi connectivity index (χ4n) is 3.80. The lowest BCUT2D eigenvalue weighted by atomic mass is 10.1. The molecule has 0 atom stereocenters. The van der Waals surface area contributed by atoms with Crippen LogP contribution in [0.3, 0.4) is 0 Å². The first-order valence-electron chi connectivity index (χ1n) is 10.1. The fraction of sp³-hybridized carbons (Fsp3) is 0.174. The van der Waals surface area contributed by atoms with E-state index in [9.17, 15) is 8.42 Å². The third kappa shape index (κ3) is 3.87. The molecule has 0 saturated carbocycles. The molecule has 4 aromatic rings. The van der Waals surface area contributed by atoms with Crippen molar-refractivity contribution >= 4 is 26.6 Å². The van der Waals surface area contributed by atoms with Crippen molar-refractivity contribution in [2.45, 2.75) is 4.90 Å². The third-order valence-corrected chi connectivity index (χ3v) is 7.42. The topological polar surface area (TPSA) is 79.3 Å². The third-order valence-electron chi connectivity index (χ3n) is 5.53. The minimum atomic E-state index is -3.54. The van der Waals surface area contributed by atoms with E-state index in [1.54, 1.807) is 28.8 Å². The van der Waals surface area contributed by atoms with Crippen molar-refractivity contribution in [3.8, 4) is 11.3 Å². The molecule has 5 rings (SSSR count). The van der Waals surface area contributed by atoms with E-state index in [4.69, 9.17) is 0 Å². The molecule has 2 aromatic carbocycles. The molecular formula is C23H21N5O2S. The molecule has 7 nitrogen and oxygen atoms in total. The Morgan fingerprint density at radius 3 is 2.29 bits per heavy atom. The first-order valence-corrected chi connectivity index (χ1v) is 11.5. The molecule has 0 N–H and O–H groups in total. The number of rotatable bonds is 4. The number of anilines is 1. The monoisotopic (exact) mass is 431 g/mol. The average Bonchev–Trinajstić information content (AvgIpc) is 2.84. The zero-order valence-corrected chi connectivity index (χ0v) is 17.6. The van der Waals surface area contributed by atoms with Crippen LogP contribution < -0.4 is 4.90 Å². The van der Waals surface area contributed by atoms with Gasteiger partial charge in [-0.25, -0.2) is 8.42 Å². The van der Waals surface area contributed by atoms with Gasteiger partial charge in [0.15, 0.2) is 5.82 Å². The minimum Gasteiger partial charge on any atom is -0.352 e. The second kappa shape index (κ2) is 8.05. The maximum atomic E-state index is 13.1. The number of benzene rings is 2. The van der Waals surface area contributed by atoms with Crippen LogP contribution in [0.5, 0.6) is 0 Å². The van der Waals surface area contributed by atoms with Gasteiger partial charge in [0, 0.05) is 44.1 Å². The molecule has 0 aliphatic carbocycles. The van der Waals surface area contributed by atoms with Crippen molar-refractivity contribution in [2.24, 2.45) is 0 Å². The molecule has 1 saturated heterocycles. The molecule has 0 unspecified atom stereocenters. The molecule has 0 amide bonds. The van der Waals surface area contributed by atoms with Crippen LogP contribution in [0.4, 0.5) is 5.82 Å². The van der Waals surface area contributed by atoms with E-state index in [0.29, 0.717) is 31.1 Å². The quantitative estimate of drug-likeness (QED) is 0.494. The Bertz CT molecular complexity index is 1300. The number of hydrogen-bond donors (Lipinski definition) is 0. The molecule has 3 heterocycles. The second-order valence-corrected chi connectivity index (χ2v) is 9.36. The maximum Gasteiger partial charge on any atom is 0.243 e.